The topological polar surface area (TPSA) is 29.1 Å². The lowest BCUT2D eigenvalue weighted by Gasteiger charge is -2.65. The molecule has 0 heterocycles. The van der Waals surface area contributed by atoms with Gasteiger partial charge in [-0.3, -0.25) is 4.79 Å². The van der Waals surface area contributed by atoms with Gasteiger partial charge in [0.15, 0.2) is 0 Å². The van der Waals surface area contributed by atoms with Gasteiger partial charge < -0.3 is 5.32 Å². The Hall–Kier alpha value is -0.790. The quantitative estimate of drug-likeness (QED) is 0.751. The minimum absolute atomic E-state index is 0.0383. The van der Waals surface area contributed by atoms with Crippen molar-refractivity contribution in [2.45, 2.75) is 71.3 Å². The molecule has 0 saturated heterocycles. The molecule has 0 aromatic heterocycles. The Kier molecular flexibility index (Phi) is 3.70. The Morgan fingerprint density at radius 2 is 1.90 bits per heavy atom. The highest BCUT2D eigenvalue weighted by atomic mass is 16.1. The molecule has 0 spiro atoms. The van der Waals surface area contributed by atoms with Crippen LogP contribution < -0.4 is 5.32 Å². The molecular weight excluding hydrogens is 258 g/mol. The second-order valence-corrected chi connectivity index (χ2v) is 8.82. The van der Waals surface area contributed by atoms with Crippen LogP contribution in [0.2, 0.25) is 0 Å². The van der Waals surface area contributed by atoms with Crippen molar-refractivity contribution in [3.05, 3.63) is 12.7 Å². The number of nitrogens with one attached hydrogen (secondary N) is 1. The SMILES string of the molecule is C=CC(=O)NC1(CCC(C)C)C2CC3CC1CC(C)(C3)C2. The lowest BCUT2D eigenvalue weighted by molar-refractivity contribution is -0.139. The summed E-state index contributed by atoms with van der Waals surface area (Å²) in [4.78, 5) is 12.1. The predicted octanol–water partition coefficient (Wildman–Crippen LogP) is 4.31. The highest BCUT2D eigenvalue weighted by Gasteiger charge is 2.60. The second kappa shape index (κ2) is 5.14. The second-order valence-electron chi connectivity index (χ2n) is 8.82. The van der Waals surface area contributed by atoms with Crippen LogP contribution in [0, 0.1) is 29.1 Å². The van der Waals surface area contributed by atoms with Gasteiger partial charge in [0, 0.05) is 5.54 Å². The average Bonchev–Trinajstić information content (AvgIpc) is 2.39. The Labute approximate surface area is 129 Å². The van der Waals surface area contributed by atoms with Gasteiger partial charge >= 0.3 is 0 Å². The van der Waals surface area contributed by atoms with Gasteiger partial charge in [-0.2, -0.15) is 0 Å². The van der Waals surface area contributed by atoms with Crippen LogP contribution in [0.4, 0.5) is 0 Å². The van der Waals surface area contributed by atoms with Crippen molar-refractivity contribution in [2.24, 2.45) is 29.1 Å². The molecule has 2 atom stereocenters. The molecule has 0 aromatic rings. The third-order valence-electron chi connectivity index (χ3n) is 6.63. The minimum Gasteiger partial charge on any atom is -0.347 e. The van der Waals surface area contributed by atoms with Crippen molar-refractivity contribution in [1.29, 1.82) is 0 Å². The molecule has 1 amide bonds. The van der Waals surface area contributed by atoms with Crippen molar-refractivity contribution in [3.8, 4) is 0 Å². The molecule has 4 saturated carbocycles. The Bertz CT molecular complexity index is 423. The molecule has 0 radical (unpaired) electrons. The van der Waals surface area contributed by atoms with E-state index in [9.17, 15) is 4.79 Å². The summed E-state index contributed by atoms with van der Waals surface area (Å²) >= 11 is 0. The fraction of sp³-hybridized carbons (Fsp3) is 0.842. The fourth-order valence-electron chi connectivity index (χ4n) is 5.97. The van der Waals surface area contributed by atoms with Gasteiger partial charge in [0.05, 0.1) is 0 Å². The van der Waals surface area contributed by atoms with Crippen LogP contribution in [0.25, 0.3) is 0 Å². The monoisotopic (exact) mass is 289 g/mol. The van der Waals surface area contributed by atoms with E-state index >= 15 is 0 Å². The van der Waals surface area contributed by atoms with E-state index in [0.29, 0.717) is 23.2 Å². The van der Waals surface area contributed by atoms with E-state index in [1.165, 1.54) is 44.6 Å². The third kappa shape index (κ3) is 2.55. The smallest absolute Gasteiger partial charge is 0.243 e. The first-order valence-electron chi connectivity index (χ1n) is 8.81. The van der Waals surface area contributed by atoms with Gasteiger partial charge in [-0.1, -0.05) is 27.4 Å². The summed E-state index contributed by atoms with van der Waals surface area (Å²) in [5.74, 6) is 3.04. The number of hydrogen-bond acceptors (Lipinski definition) is 1. The number of hydrogen-bond donors (Lipinski definition) is 1. The van der Waals surface area contributed by atoms with Crippen molar-refractivity contribution >= 4 is 5.91 Å². The Morgan fingerprint density at radius 1 is 1.29 bits per heavy atom. The van der Waals surface area contributed by atoms with Crippen molar-refractivity contribution in [2.75, 3.05) is 0 Å². The zero-order valence-corrected chi connectivity index (χ0v) is 14.0. The highest BCUT2D eigenvalue weighted by molar-refractivity contribution is 5.87. The van der Waals surface area contributed by atoms with E-state index < -0.39 is 0 Å². The summed E-state index contributed by atoms with van der Waals surface area (Å²) in [6.45, 7) is 10.7. The molecule has 4 aliphatic carbocycles. The standard InChI is InChI=1S/C19H31NO/c1-5-17(21)20-19(7-6-13(2)3)15-8-14-9-16(19)12-18(4,10-14)11-15/h5,13-16H,1,6-12H2,2-4H3,(H,20,21). The van der Waals surface area contributed by atoms with E-state index in [0.717, 1.165) is 12.3 Å². The van der Waals surface area contributed by atoms with E-state index in [1.807, 2.05) is 0 Å². The molecule has 118 valence electrons. The fourth-order valence-corrected chi connectivity index (χ4v) is 5.97. The number of amides is 1. The van der Waals surface area contributed by atoms with E-state index in [2.05, 4.69) is 32.7 Å². The zero-order valence-electron chi connectivity index (χ0n) is 14.0. The molecule has 2 unspecified atom stereocenters. The minimum atomic E-state index is 0.0383. The maximum atomic E-state index is 12.1. The largest absolute Gasteiger partial charge is 0.347 e. The van der Waals surface area contributed by atoms with E-state index in [-0.39, 0.29) is 11.4 Å². The summed E-state index contributed by atoms with van der Waals surface area (Å²) < 4.78 is 0. The highest BCUT2D eigenvalue weighted by Crippen LogP contribution is 2.64. The van der Waals surface area contributed by atoms with Crippen LogP contribution >= 0.6 is 0 Å². The van der Waals surface area contributed by atoms with Crippen molar-refractivity contribution in [1.82, 2.24) is 5.32 Å². The molecule has 2 heteroatoms. The molecular formula is C19H31NO. The van der Waals surface area contributed by atoms with Gasteiger partial charge in [-0.15, -0.1) is 0 Å². The third-order valence-corrected chi connectivity index (χ3v) is 6.63. The van der Waals surface area contributed by atoms with Crippen LogP contribution in [-0.2, 0) is 4.79 Å². The molecule has 1 N–H and O–H groups in total. The van der Waals surface area contributed by atoms with Gasteiger partial charge in [0.2, 0.25) is 5.91 Å². The lowest BCUT2D eigenvalue weighted by Crippen LogP contribution is -2.67. The Morgan fingerprint density at radius 3 is 2.38 bits per heavy atom. The van der Waals surface area contributed by atoms with E-state index in [1.54, 1.807) is 0 Å². The zero-order chi connectivity index (χ0) is 15.3. The van der Waals surface area contributed by atoms with Gasteiger partial charge in [0.1, 0.15) is 0 Å². The molecule has 4 aliphatic rings. The number of carbonyl (C=O) groups is 1. The average molecular weight is 289 g/mol. The lowest BCUT2D eigenvalue weighted by atomic mass is 9.43. The first-order chi connectivity index (χ1) is 9.87. The molecule has 21 heavy (non-hydrogen) atoms. The van der Waals surface area contributed by atoms with E-state index in [4.69, 9.17) is 0 Å². The molecule has 0 aliphatic heterocycles. The summed E-state index contributed by atoms with van der Waals surface area (Å²) in [7, 11) is 0. The molecule has 2 nitrogen and oxygen atoms in total. The van der Waals surface area contributed by atoms with Crippen molar-refractivity contribution in [3.63, 3.8) is 0 Å². The summed E-state index contributed by atoms with van der Waals surface area (Å²) in [5, 5.41) is 3.44. The summed E-state index contributed by atoms with van der Waals surface area (Å²) in [6.07, 6.45) is 10.6. The van der Waals surface area contributed by atoms with Gasteiger partial charge in [-0.25, -0.2) is 0 Å². The number of rotatable bonds is 5. The first kappa shape index (κ1) is 15.1. The van der Waals surface area contributed by atoms with Gasteiger partial charge in [0.25, 0.3) is 0 Å². The predicted molar refractivity (Wildman–Crippen MR) is 86.8 cm³/mol. The number of carbonyl (C=O) groups excluding carboxylic acids is 1. The van der Waals surface area contributed by atoms with Crippen LogP contribution in [0.3, 0.4) is 0 Å². The molecule has 0 aromatic carbocycles. The maximum Gasteiger partial charge on any atom is 0.243 e. The van der Waals surface area contributed by atoms with Crippen LogP contribution in [0.1, 0.15) is 65.7 Å². The van der Waals surface area contributed by atoms with Gasteiger partial charge in [-0.05, 0) is 80.1 Å². The maximum absolute atomic E-state index is 12.1. The summed E-state index contributed by atoms with van der Waals surface area (Å²) in [5.41, 5.74) is 0.614. The Balaban J connectivity index is 1.88. The molecule has 4 fully saturated rings. The molecule has 4 bridgehead atoms. The van der Waals surface area contributed by atoms with Crippen LogP contribution in [-0.4, -0.2) is 11.4 Å². The summed E-state index contributed by atoms with van der Waals surface area (Å²) in [6, 6.07) is 0. The van der Waals surface area contributed by atoms with Crippen LogP contribution in [0.15, 0.2) is 12.7 Å². The first-order valence-corrected chi connectivity index (χ1v) is 8.81. The molecule has 4 rings (SSSR count). The van der Waals surface area contributed by atoms with Crippen molar-refractivity contribution < 1.29 is 4.79 Å². The normalized spacial score (nSPS) is 44.1. The van der Waals surface area contributed by atoms with Crippen LogP contribution in [0.5, 0.6) is 0 Å².